The first-order valence-corrected chi connectivity index (χ1v) is 11.6. The summed E-state index contributed by atoms with van der Waals surface area (Å²) in [6, 6.07) is 5.92. The number of carbonyl (C=O) groups excluding carboxylic acids is 1. The first kappa shape index (κ1) is 21.7. The highest BCUT2D eigenvalue weighted by Crippen LogP contribution is 2.29. The minimum atomic E-state index is -0.0125. The predicted octanol–water partition coefficient (Wildman–Crippen LogP) is 2.86. The maximum atomic E-state index is 12.3. The summed E-state index contributed by atoms with van der Waals surface area (Å²) in [5.74, 6) is 0.581. The molecule has 1 saturated carbocycles. The van der Waals surface area contributed by atoms with Crippen molar-refractivity contribution in [3.05, 3.63) is 41.4 Å². The zero-order chi connectivity index (χ0) is 22.8. The summed E-state index contributed by atoms with van der Waals surface area (Å²) in [5, 5.41) is 11.7. The van der Waals surface area contributed by atoms with Gasteiger partial charge in [-0.1, -0.05) is 0 Å². The van der Waals surface area contributed by atoms with Crippen molar-refractivity contribution in [1.29, 1.82) is 0 Å². The molecule has 1 amide bonds. The fraction of sp³-hybridized carbons (Fsp3) is 0.364. The van der Waals surface area contributed by atoms with Gasteiger partial charge in [0.15, 0.2) is 5.65 Å². The van der Waals surface area contributed by atoms with Crippen molar-refractivity contribution >= 4 is 49.9 Å². The minimum absolute atomic E-state index is 0.0125. The van der Waals surface area contributed by atoms with Crippen LogP contribution in [0.25, 0.3) is 27.8 Å². The van der Waals surface area contributed by atoms with E-state index in [4.69, 9.17) is 9.72 Å². The lowest BCUT2D eigenvalue weighted by molar-refractivity contribution is -0.125. The highest BCUT2D eigenvalue weighted by Gasteiger charge is 2.30. The van der Waals surface area contributed by atoms with Crippen LogP contribution in [0.4, 0.5) is 5.95 Å². The van der Waals surface area contributed by atoms with Gasteiger partial charge in [-0.05, 0) is 53.4 Å². The van der Waals surface area contributed by atoms with Crippen molar-refractivity contribution in [2.24, 2.45) is 5.92 Å². The summed E-state index contributed by atoms with van der Waals surface area (Å²) in [6.45, 7) is 1.05. The third kappa shape index (κ3) is 4.51. The van der Waals surface area contributed by atoms with E-state index < -0.39 is 0 Å². The number of nitrogens with zero attached hydrogens (tertiary/aromatic N) is 6. The maximum absolute atomic E-state index is 12.3. The Balaban J connectivity index is 1.36. The number of aromatic nitrogens is 6. The quantitative estimate of drug-likeness (QED) is 0.364. The summed E-state index contributed by atoms with van der Waals surface area (Å²) in [7, 11) is 1.62. The molecule has 1 fully saturated rings. The third-order valence-electron chi connectivity index (χ3n) is 5.82. The highest BCUT2D eigenvalue weighted by molar-refractivity contribution is 9.10. The summed E-state index contributed by atoms with van der Waals surface area (Å²) >= 11 is 3.51. The number of carbonyl (C=O) groups is 1. The van der Waals surface area contributed by atoms with Gasteiger partial charge in [0.25, 0.3) is 0 Å². The molecule has 33 heavy (non-hydrogen) atoms. The van der Waals surface area contributed by atoms with Gasteiger partial charge in [0, 0.05) is 44.2 Å². The number of benzene rings is 1. The third-order valence-corrected chi connectivity index (χ3v) is 6.40. The van der Waals surface area contributed by atoms with Gasteiger partial charge >= 0.3 is 0 Å². The smallest absolute Gasteiger partial charge is 0.224 e. The van der Waals surface area contributed by atoms with Crippen LogP contribution in [0.5, 0.6) is 0 Å². The molecule has 3 heterocycles. The zero-order valence-electron chi connectivity index (χ0n) is 18.0. The average molecular weight is 511 g/mol. The molecular formula is C22H23BrN8O2. The minimum Gasteiger partial charge on any atom is -0.383 e. The molecule has 10 nitrogen and oxygen atoms in total. The van der Waals surface area contributed by atoms with Crippen molar-refractivity contribution in [1.82, 2.24) is 35.0 Å². The molecule has 5 rings (SSSR count). The average Bonchev–Trinajstić information content (AvgIpc) is 3.43. The van der Waals surface area contributed by atoms with Crippen LogP contribution in [0.3, 0.4) is 0 Å². The molecule has 0 spiro atoms. The van der Waals surface area contributed by atoms with E-state index in [0.29, 0.717) is 29.4 Å². The lowest BCUT2D eigenvalue weighted by Gasteiger charge is -2.14. The molecular weight excluding hydrogens is 488 g/mol. The summed E-state index contributed by atoms with van der Waals surface area (Å²) in [6.07, 6.45) is 7.55. The first-order valence-electron chi connectivity index (χ1n) is 10.8. The van der Waals surface area contributed by atoms with Crippen LogP contribution < -0.4 is 10.6 Å². The second kappa shape index (κ2) is 9.36. The van der Waals surface area contributed by atoms with Gasteiger partial charge in [-0.15, -0.1) is 0 Å². The number of halogens is 1. The molecule has 0 saturated heterocycles. The molecule has 1 aliphatic rings. The van der Waals surface area contributed by atoms with Gasteiger partial charge in [-0.3, -0.25) is 14.8 Å². The number of nitrogens with one attached hydrogen (secondary N) is 2. The highest BCUT2D eigenvalue weighted by atomic mass is 79.9. The van der Waals surface area contributed by atoms with E-state index in [-0.39, 0.29) is 17.9 Å². The number of hydrogen-bond donors (Lipinski definition) is 2. The Morgan fingerprint density at radius 2 is 2.06 bits per heavy atom. The first-order chi connectivity index (χ1) is 16.1. The van der Waals surface area contributed by atoms with Crippen molar-refractivity contribution in [3.63, 3.8) is 0 Å². The number of fused-ring (bicyclic) bond motifs is 2. The number of rotatable bonds is 7. The number of amides is 1. The molecule has 11 heteroatoms. The lowest BCUT2D eigenvalue weighted by Crippen LogP contribution is -2.32. The van der Waals surface area contributed by atoms with Crippen molar-refractivity contribution in [2.45, 2.75) is 25.3 Å². The van der Waals surface area contributed by atoms with Crippen LogP contribution in [0.2, 0.25) is 0 Å². The molecule has 0 unspecified atom stereocenters. The van der Waals surface area contributed by atoms with Crippen LogP contribution in [0.1, 0.15) is 19.3 Å². The van der Waals surface area contributed by atoms with E-state index >= 15 is 0 Å². The Morgan fingerprint density at radius 3 is 2.91 bits per heavy atom. The van der Waals surface area contributed by atoms with Gasteiger partial charge in [-0.2, -0.15) is 10.1 Å². The lowest BCUT2D eigenvalue weighted by atomic mass is 10.1. The Kier molecular flexibility index (Phi) is 6.14. The molecule has 170 valence electrons. The molecule has 4 aromatic rings. The second-order valence-electron chi connectivity index (χ2n) is 8.00. The van der Waals surface area contributed by atoms with Crippen LogP contribution in [-0.2, 0) is 9.53 Å². The molecule has 0 aliphatic heterocycles. The van der Waals surface area contributed by atoms with E-state index in [1.54, 1.807) is 30.4 Å². The topological polar surface area (TPSA) is 120 Å². The number of ether oxygens (including phenoxy) is 1. The van der Waals surface area contributed by atoms with E-state index in [9.17, 15) is 4.79 Å². The van der Waals surface area contributed by atoms with Crippen molar-refractivity contribution < 1.29 is 9.53 Å². The van der Waals surface area contributed by atoms with Crippen molar-refractivity contribution in [2.75, 3.05) is 25.6 Å². The molecule has 3 aromatic heterocycles. The van der Waals surface area contributed by atoms with Crippen LogP contribution in [0, 0.1) is 5.92 Å². The maximum Gasteiger partial charge on any atom is 0.224 e. The SMILES string of the molecule is COCCNC(=O)[C@@H]1CC[C@@H](Nc2ncc3c(Br)nn(-c4ccc5nccnc5c4)c3n2)C1. The summed E-state index contributed by atoms with van der Waals surface area (Å²) in [4.78, 5) is 30.3. The van der Waals surface area contributed by atoms with Gasteiger partial charge < -0.3 is 15.4 Å². The van der Waals surface area contributed by atoms with Crippen LogP contribution in [-0.4, -0.2) is 61.9 Å². The Hall–Kier alpha value is -3.18. The Morgan fingerprint density at radius 1 is 1.21 bits per heavy atom. The van der Waals surface area contributed by atoms with Crippen LogP contribution >= 0.6 is 15.9 Å². The Labute approximate surface area is 198 Å². The fourth-order valence-electron chi connectivity index (χ4n) is 4.16. The zero-order valence-corrected chi connectivity index (χ0v) is 19.6. The summed E-state index contributed by atoms with van der Waals surface area (Å²) in [5.41, 5.74) is 3.10. The second-order valence-corrected chi connectivity index (χ2v) is 8.75. The molecule has 1 aliphatic carbocycles. The monoisotopic (exact) mass is 510 g/mol. The van der Waals surface area contributed by atoms with Gasteiger partial charge in [0.05, 0.1) is 28.7 Å². The van der Waals surface area contributed by atoms with Gasteiger partial charge in [0.1, 0.15) is 4.60 Å². The Bertz CT molecular complexity index is 1310. The number of anilines is 1. The van der Waals surface area contributed by atoms with E-state index in [2.05, 4.69) is 46.6 Å². The normalized spacial score (nSPS) is 18.1. The molecule has 1 aromatic carbocycles. The number of hydrogen-bond acceptors (Lipinski definition) is 8. The molecule has 2 N–H and O–H groups in total. The summed E-state index contributed by atoms with van der Waals surface area (Å²) < 4.78 is 7.42. The molecule has 0 bridgehead atoms. The van der Waals surface area contributed by atoms with Crippen LogP contribution in [0.15, 0.2) is 41.4 Å². The molecule has 0 radical (unpaired) electrons. The van der Waals surface area contributed by atoms with Gasteiger partial charge in [-0.25, -0.2) is 9.67 Å². The fourth-order valence-corrected chi connectivity index (χ4v) is 4.59. The standard InChI is InChI=1S/C22H23BrN8O2/c1-33-9-8-26-21(32)13-2-3-14(10-13)28-22-27-12-16-19(23)30-31(20(16)29-22)15-4-5-17-18(11-15)25-7-6-24-17/h4-7,11-14H,2-3,8-10H2,1H3,(H,26,32)(H,27,28,29)/t13-,14-/m1/s1. The van der Waals surface area contributed by atoms with E-state index in [1.165, 1.54) is 0 Å². The van der Waals surface area contributed by atoms with E-state index in [0.717, 1.165) is 41.4 Å². The van der Waals surface area contributed by atoms with E-state index in [1.807, 2.05) is 18.2 Å². The number of methoxy groups -OCH3 is 1. The molecule has 2 atom stereocenters. The van der Waals surface area contributed by atoms with Crippen molar-refractivity contribution in [3.8, 4) is 5.69 Å². The largest absolute Gasteiger partial charge is 0.383 e. The van der Waals surface area contributed by atoms with Gasteiger partial charge in [0.2, 0.25) is 11.9 Å². The predicted molar refractivity (Wildman–Crippen MR) is 127 cm³/mol.